The van der Waals surface area contributed by atoms with Gasteiger partial charge in [0.05, 0.1) is 19.2 Å². The van der Waals surface area contributed by atoms with Crippen LogP contribution in [0.4, 0.5) is 0 Å². The van der Waals surface area contributed by atoms with Crippen LogP contribution in [-0.2, 0) is 11.4 Å². The molecule has 1 heterocycles. The van der Waals surface area contributed by atoms with Gasteiger partial charge in [-0.05, 0) is 41.7 Å². The van der Waals surface area contributed by atoms with Gasteiger partial charge in [-0.3, -0.25) is 4.79 Å². The van der Waals surface area contributed by atoms with E-state index in [1.54, 1.807) is 7.11 Å². The Hall–Kier alpha value is -3.34. The molecule has 3 rings (SSSR count). The molecule has 0 fully saturated rings. The molecule has 0 saturated heterocycles. The highest BCUT2D eigenvalue weighted by Gasteiger charge is 2.15. The number of aromatic nitrogens is 1. The van der Waals surface area contributed by atoms with Crippen molar-refractivity contribution in [2.24, 2.45) is 0 Å². The molecule has 0 radical (unpaired) electrons. The van der Waals surface area contributed by atoms with Crippen molar-refractivity contribution in [1.82, 2.24) is 4.98 Å². The number of hydrogen-bond acceptors (Lipinski definition) is 4. The van der Waals surface area contributed by atoms with Gasteiger partial charge >= 0.3 is 5.97 Å². The van der Waals surface area contributed by atoms with Crippen LogP contribution in [0.1, 0.15) is 43.2 Å². The number of carboxylic acid groups (broad SMARTS) is 1. The fourth-order valence-electron chi connectivity index (χ4n) is 3.43. The number of methoxy groups -OCH3 is 1. The van der Waals surface area contributed by atoms with Gasteiger partial charge in [0, 0.05) is 11.6 Å². The summed E-state index contributed by atoms with van der Waals surface area (Å²) < 4.78 is 11.2. The zero-order valence-corrected chi connectivity index (χ0v) is 17.4. The second-order valence-electron chi connectivity index (χ2n) is 7.21. The van der Waals surface area contributed by atoms with E-state index in [9.17, 15) is 9.90 Å². The Morgan fingerprint density at radius 2 is 1.83 bits per heavy atom. The van der Waals surface area contributed by atoms with Gasteiger partial charge in [-0.2, -0.15) is 0 Å². The highest BCUT2D eigenvalue weighted by molar-refractivity contribution is 5.68. The quantitative estimate of drug-likeness (QED) is 0.469. The smallest absolute Gasteiger partial charge is 0.303 e. The topological polar surface area (TPSA) is 68.7 Å². The molecule has 156 valence electrons. The highest BCUT2D eigenvalue weighted by Crippen LogP contribution is 2.28. The van der Waals surface area contributed by atoms with Crippen LogP contribution in [0.2, 0.25) is 0 Å². The molecule has 0 saturated carbocycles. The summed E-state index contributed by atoms with van der Waals surface area (Å²) >= 11 is 0. The van der Waals surface area contributed by atoms with Crippen LogP contribution >= 0.6 is 0 Å². The third kappa shape index (κ3) is 5.83. The van der Waals surface area contributed by atoms with Gasteiger partial charge in [0.2, 0.25) is 5.88 Å². The van der Waals surface area contributed by atoms with Crippen LogP contribution in [0, 0.1) is 0 Å². The highest BCUT2D eigenvalue weighted by atomic mass is 16.5. The van der Waals surface area contributed by atoms with Crippen LogP contribution in [0.15, 0.2) is 66.7 Å². The van der Waals surface area contributed by atoms with Crippen molar-refractivity contribution in [3.05, 3.63) is 77.9 Å². The van der Waals surface area contributed by atoms with Gasteiger partial charge in [-0.1, -0.05) is 55.8 Å². The van der Waals surface area contributed by atoms with E-state index in [1.165, 1.54) is 0 Å². The van der Waals surface area contributed by atoms with Gasteiger partial charge in [-0.25, -0.2) is 4.98 Å². The Kier molecular flexibility index (Phi) is 7.44. The number of nitrogens with zero attached hydrogens (tertiary/aromatic N) is 1. The summed E-state index contributed by atoms with van der Waals surface area (Å²) in [4.78, 5) is 15.6. The molecule has 0 spiro atoms. The van der Waals surface area contributed by atoms with Gasteiger partial charge in [0.15, 0.2) is 0 Å². The minimum Gasteiger partial charge on any atom is -0.489 e. The number of pyridine rings is 1. The van der Waals surface area contributed by atoms with Crippen LogP contribution < -0.4 is 9.47 Å². The fraction of sp³-hybridized carbons (Fsp3) is 0.280. The Morgan fingerprint density at radius 1 is 1.07 bits per heavy atom. The first kappa shape index (κ1) is 21.4. The van der Waals surface area contributed by atoms with Crippen LogP contribution in [0.5, 0.6) is 11.6 Å². The van der Waals surface area contributed by atoms with Gasteiger partial charge in [0.25, 0.3) is 0 Å². The standard InChI is InChI=1S/C25H27NO4/c1-3-6-20(16-25(27)28)21-7-4-8-22(15-21)30-17-18-11-13-19(14-12-18)23-9-5-10-24(26-23)29-2/h4-5,7-15,20H,3,6,16-17H2,1-2H3,(H,27,28)/t20-/m1/s1. The van der Waals surface area contributed by atoms with E-state index in [-0.39, 0.29) is 12.3 Å². The first-order valence-corrected chi connectivity index (χ1v) is 10.1. The number of aliphatic carboxylic acids is 1. The molecule has 0 unspecified atom stereocenters. The van der Waals surface area contributed by atoms with Crippen molar-refractivity contribution in [3.8, 4) is 22.9 Å². The predicted molar refractivity (Wildman–Crippen MR) is 117 cm³/mol. The Bertz CT molecular complexity index is 969. The molecule has 1 atom stereocenters. The summed E-state index contributed by atoms with van der Waals surface area (Å²) in [5.41, 5.74) is 3.92. The van der Waals surface area contributed by atoms with E-state index in [4.69, 9.17) is 9.47 Å². The van der Waals surface area contributed by atoms with Crippen LogP contribution in [0.25, 0.3) is 11.3 Å². The molecule has 2 aromatic carbocycles. The zero-order chi connectivity index (χ0) is 21.3. The lowest BCUT2D eigenvalue weighted by molar-refractivity contribution is -0.137. The second kappa shape index (κ2) is 10.4. The maximum absolute atomic E-state index is 11.2. The second-order valence-corrected chi connectivity index (χ2v) is 7.21. The van der Waals surface area contributed by atoms with Crippen molar-refractivity contribution < 1.29 is 19.4 Å². The first-order chi connectivity index (χ1) is 14.6. The number of hydrogen-bond donors (Lipinski definition) is 1. The third-order valence-electron chi connectivity index (χ3n) is 4.98. The van der Waals surface area contributed by atoms with E-state index in [0.29, 0.717) is 12.5 Å². The van der Waals surface area contributed by atoms with Crippen molar-refractivity contribution in [2.45, 2.75) is 38.7 Å². The van der Waals surface area contributed by atoms with Crippen LogP contribution in [-0.4, -0.2) is 23.2 Å². The predicted octanol–water partition coefficient (Wildman–Crippen LogP) is 5.69. The average Bonchev–Trinajstić information content (AvgIpc) is 2.78. The largest absolute Gasteiger partial charge is 0.489 e. The summed E-state index contributed by atoms with van der Waals surface area (Å²) in [6.07, 6.45) is 1.92. The molecule has 0 amide bonds. The minimum atomic E-state index is -0.773. The summed E-state index contributed by atoms with van der Waals surface area (Å²) in [7, 11) is 1.60. The monoisotopic (exact) mass is 405 g/mol. The molecular weight excluding hydrogens is 378 g/mol. The molecule has 0 aliphatic heterocycles. The molecule has 1 N–H and O–H groups in total. The minimum absolute atomic E-state index is 0.00528. The summed E-state index contributed by atoms with van der Waals surface area (Å²) in [5.74, 6) is 0.567. The molecule has 30 heavy (non-hydrogen) atoms. The van der Waals surface area contributed by atoms with E-state index < -0.39 is 5.97 Å². The molecule has 0 aliphatic carbocycles. The Labute approximate surface area is 177 Å². The van der Waals surface area contributed by atoms with E-state index in [0.717, 1.165) is 41.0 Å². The molecule has 5 heteroatoms. The lowest BCUT2D eigenvalue weighted by Crippen LogP contribution is -2.06. The lowest BCUT2D eigenvalue weighted by atomic mass is 9.91. The molecule has 3 aromatic rings. The normalized spacial score (nSPS) is 11.7. The van der Waals surface area contributed by atoms with Gasteiger partial charge in [0.1, 0.15) is 12.4 Å². The molecule has 5 nitrogen and oxygen atoms in total. The number of ether oxygens (including phenoxy) is 2. The number of carboxylic acids is 1. The lowest BCUT2D eigenvalue weighted by Gasteiger charge is -2.16. The number of benzene rings is 2. The Morgan fingerprint density at radius 3 is 2.53 bits per heavy atom. The maximum atomic E-state index is 11.2. The fourth-order valence-corrected chi connectivity index (χ4v) is 3.43. The third-order valence-corrected chi connectivity index (χ3v) is 4.98. The van der Waals surface area contributed by atoms with Gasteiger partial charge in [-0.15, -0.1) is 0 Å². The van der Waals surface area contributed by atoms with Crippen molar-refractivity contribution in [2.75, 3.05) is 7.11 Å². The average molecular weight is 405 g/mol. The molecular formula is C25H27NO4. The van der Waals surface area contributed by atoms with Crippen LogP contribution in [0.3, 0.4) is 0 Å². The van der Waals surface area contributed by atoms with E-state index in [1.807, 2.05) is 66.7 Å². The van der Waals surface area contributed by atoms with Crippen molar-refractivity contribution >= 4 is 5.97 Å². The summed E-state index contributed by atoms with van der Waals surface area (Å²) in [6, 6.07) is 21.5. The summed E-state index contributed by atoms with van der Waals surface area (Å²) in [5, 5.41) is 9.18. The maximum Gasteiger partial charge on any atom is 0.303 e. The SMILES string of the molecule is CCC[C@H](CC(=O)O)c1cccc(OCc2ccc(-c3cccc(OC)n3)cc2)c1. The summed E-state index contributed by atoms with van der Waals surface area (Å²) in [6.45, 7) is 2.51. The van der Waals surface area contributed by atoms with Crippen molar-refractivity contribution in [1.29, 1.82) is 0 Å². The Balaban J connectivity index is 1.66. The zero-order valence-electron chi connectivity index (χ0n) is 17.4. The number of carbonyl (C=O) groups is 1. The molecule has 0 aliphatic rings. The van der Waals surface area contributed by atoms with Gasteiger partial charge < -0.3 is 14.6 Å². The van der Waals surface area contributed by atoms with E-state index >= 15 is 0 Å². The molecule has 0 bridgehead atoms. The van der Waals surface area contributed by atoms with Crippen molar-refractivity contribution in [3.63, 3.8) is 0 Å². The first-order valence-electron chi connectivity index (χ1n) is 10.1. The number of rotatable bonds is 10. The molecule has 1 aromatic heterocycles. The van der Waals surface area contributed by atoms with E-state index in [2.05, 4.69) is 11.9 Å².